The molecule has 0 radical (unpaired) electrons. The molecule has 3 heterocycles. The zero-order valence-electron chi connectivity index (χ0n) is 9.56. The van der Waals surface area contributed by atoms with Crippen LogP contribution < -0.4 is 5.73 Å². The van der Waals surface area contributed by atoms with Gasteiger partial charge in [0.1, 0.15) is 5.82 Å². The zero-order valence-corrected chi connectivity index (χ0v) is 9.56. The minimum absolute atomic E-state index is 0.492. The van der Waals surface area contributed by atoms with Crippen LogP contribution in [0.1, 0.15) is 0 Å². The highest BCUT2D eigenvalue weighted by Gasteiger charge is 2.07. The Labute approximate surface area is 104 Å². The second kappa shape index (κ2) is 4.29. The second-order valence-corrected chi connectivity index (χ2v) is 3.83. The second-order valence-electron chi connectivity index (χ2n) is 3.83. The van der Waals surface area contributed by atoms with E-state index in [-0.39, 0.29) is 0 Å². The van der Waals surface area contributed by atoms with Crippen molar-refractivity contribution in [2.45, 2.75) is 0 Å². The summed E-state index contributed by atoms with van der Waals surface area (Å²) in [6.07, 6.45) is 8.76. The summed E-state index contributed by atoms with van der Waals surface area (Å²) in [5.74, 6) is 0.492. The summed E-state index contributed by atoms with van der Waals surface area (Å²) in [5.41, 5.74) is 8.59. The number of rotatable bonds is 2. The van der Waals surface area contributed by atoms with E-state index in [9.17, 15) is 0 Å². The molecule has 3 aromatic rings. The lowest BCUT2D eigenvalue weighted by Gasteiger charge is -2.07. The number of aromatic nitrogens is 4. The van der Waals surface area contributed by atoms with Crippen LogP contribution in [-0.4, -0.2) is 19.5 Å². The normalized spacial score (nSPS) is 10.4. The van der Waals surface area contributed by atoms with Crippen molar-refractivity contribution in [1.29, 1.82) is 0 Å². The van der Waals surface area contributed by atoms with Gasteiger partial charge in [-0.3, -0.25) is 9.55 Å². The third kappa shape index (κ3) is 1.82. The first-order valence-electron chi connectivity index (χ1n) is 5.49. The fourth-order valence-electron chi connectivity index (χ4n) is 1.82. The number of nitrogens with two attached hydrogens (primary N) is 1. The van der Waals surface area contributed by atoms with Crippen LogP contribution in [0.5, 0.6) is 0 Å². The molecule has 3 aromatic heterocycles. The molecule has 0 bridgehead atoms. The number of nitrogens with zero attached hydrogens (tertiary/aromatic N) is 4. The molecule has 0 aliphatic rings. The standard InChI is InChI=1S/C13H11N5/c14-13-6-10(3-5-17-13)12-8-16-9-18(12)11-2-1-4-15-7-11/h1-9H,(H2,14,17). The molecule has 0 amide bonds. The van der Waals surface area contributed by atoms with E-state index in [2.05, 4.69) is 15.0 Å². The molecule has 0 aliphatic carbocycles. The smallest absolute Gasteiger partial charge is 0.123 e. The summed E-state index contributed by atoms with van der Waals surface area (Å²) in [4.78, 5) is 12.3. The molecular formula is C13H11N5. The average Bonchev–Trinajstić information content (AvgIpc) is 2.89. The van der Waals surface area contributed by atoms with Crippen molar-refractivity contribution in [1.82, 2.24) is 19.5 Å². The number of imidazole rings is 1. The maximum Gasteiger partial charge on any atom is 0.123 e. The average molecular weight is 237 g/mol. The van der Waals surface area contributed by atoms with E-state index in [1.54, 1.807) is 31.1 Å². The Morgan fingerprint density at radius 1 is 1.06 bits per heavy atom. The Morgan fingerprint density at radius 2 is 2.00 bits per heavy atom. The van der Waals surface area contributed by atoms with Gasteiger partial charge in [-0.1, -0.05) is 0 Å². The van der Waals surface area contributed by atoms with Gasteiger partial charge < -0.3 is 5.73 Å². The van der Waals surface area contributed by atoms with Crippen molar-refractivity contribution >= 4 is 5.82 Å². The topological polar surface area (TPSA) is 69.6 Å². The van der Waals surface area contributed by atoms with Crippen molar-refractivity contribution in [3.05, 3.63) is 55.4 Å². The molecule has 0 atom stereocenters. The Balaban J connectivity index is 2.13. The predicted octanol–water partition coefficient (Wildman–Crippen LogP) is 1.91. The number of hydrogen-bond acceptors (Lipinski definition) is 4. The fraction of sp³-hybridized carbons (Fsp3) is 0. The van der Waals surface area contributed by atoms with E-state index in [0.717, 1.165) is 16.9 Å². The first-order valence-corrected chi connectivity index (χ1v) is 5.49. The van der Waals surface area contributed by atoms with Crippen LogP contribution in [0.25, 0.3) is 16.9 Å². The van der Waals surface area contributed by atoms with Crippen molar-refractivity contribution in [3.63, 3.8) is 0 Å². The number of pyridine rings is 2. The van der Waals surface area contributed by atoms with E-state index >= 15 is 0 Å². The molecule has 0 saturated carbocycles. The minimum atomic E-state index is 0.492. The highest BCUT2D eigenvalue weighted by molar-refractivity contribution is 5.63. The van der Waals surface area contributed by atoms with E-state index in [1.807, 2.05) is 28.8 Å². The van der Waals surface area contributed by atoms with E-state index < -0.39 is 0 Å². The summed E-state index contributed by atoms with van der Waals surface area (Å²) in [6.45, 7) is 0. The maximum atomic E-state index is 5.70. The molecule has 0 saturated heterocycles. The largest absolute Gasteiger partial charge is 0.384 e. The van der Waals surface area contributed by atoms with Crippen molar-refractivity contribution in [2.24, 2.45) is 0 Å². The fourth-order valence-corrected chi connectivity index (χ4v) is 1.82. The van der Waals surface area contributed by atoms with Gasteiger partial charge in [0.05, 0.1) is 30.1 Å². The molecule has 3 rings (SSSR count). The molecule has 88 valence electrons. The molecule has 0 fully saturated rings. The Hall–Kier alpha value is -2.69. The molecule has 0 unspecified atom stereocenters. The first kappa shape index (κ1) is 10.5. The molecular weight excluding hydrogens is 226 g/mol. The molecule has 18 heavy (non-hydrogen) atoms. The van der Waals surface area contributed by atoms with E-state index in [0.29, 0.717) is 5.82 Å². The predicted molar refractivity (Wildman–Crippen MR) is 69.0 cm³/mol. The van der Waals surface area contributed by atoms with E-state index in [1.165, 1.54) is 0 Å². The highest BCUT2D eigenvalue weighted by atomic mass is 15.1. The van der Waals surface area contributed by atoms with Gasteiger partial charge in [-0.15, -0.1) is 0 Å². The Morgan fingerprint density at radius 3 is 2.78 bits per heavy atom. The lowest BCUT2D eigenvalue weighted by Crippen LogP contribution is -1.96. The molecule has 0 spiro atoms. The summed E-state index contributed by atoms with van der Waals surface area (Å²) in [6, 6.07) is 7.59. The van der Waals surface area contributed by atoms with Crippen molar-refractivity contribution in [3.8, 4) is 16.9 Å². The summed E-state index contributed by atoms with van der Waals surface area (Å²) in [7, 11) is 0. The van der Waals surface area contributed by atoms with Crippen LogP contribution in [0.2, 0.25) is 0 Å². The van der Waals surface area contributed by atoms with Crippen molar-refractivity contribution < 1.29 is 0 Å². The third-order valence-electron chi connectivity index (χ3n) is 2.64. The Bertz CT molecular complexity index is 660. The van der Waals surface area contributed by atoms with Gasteiger partial charge in [0.25, 0.3) is 0 Å². The van der Waals surface area contributed by atoms with Crippen LogP contribution in [0.4, 0.5) is 5.82 Å². The van der Waals surface area contributed by atoms with Crippen molar-refractivity contribution in [2.75, 3.05) is 5.73 Å². The van der Waals surface area contributed by atoms with Crippen LogP contribution in [-0.2, 0) is 0 Å². The van der Waals surface area contributed by atoms with Crippen LogP contribution in [0.3, 0.4) is 0 Å². The summed E-state index contributed by atoms with van der Waals surface area (Å²) < 4.78 is 1.96. The summed E-state index contributed by atoms with van der Waals surface area (Å²) in [5, 5.41) is 0. The number of nitrogen functional groups attached to an aromatic ring is 1. The van der Waals surface area contributed by atoms with E-state index in [4.69, 9.17) is 5.73 Å². The van der Waals surface area contributed by atoms with Gasteiger partial charge in [-0.05, 0) is 24.3 Å². The highest BCUT2D eigenvalue weighted by Crippen LogP contribution is 2.22. The van der Waals surface area contributed by atoms with Crippen LogP contribution >= 0.6 is 0 Å². The molecule has 5 nitrogen and oxygen atoms in total. The van der Waals surface area contributed by atoms with Crippen LogP contribution in [0.15, 0.2) is 55.4 Å². The van der Waals surface area contributed by atoms with Gasteiger partial charge in [0.2, 0.25) is 0 Å². The molecule has 0 aliphatic heterocycles. The molecule has 5 heteroatoms. The van der Waals surface area contributed by atoms with Gasteiger partial charge in [0, 0.05) is 18.0 Å². The van der Waals surface area contributed by atoms with Gasteiger partial charge in [0.15, 0.2) is 0 Å². The monoisotopic (exact) mass is 237 g/mol. The maximum absolute atomic E-state index is 5.70. The lowest BCUT2D eigenvalue weighted by molar-refractivity contribution is 1.04. The summed E-state index contributed by atoms with van der Waals surface area (Å²) >= 11 is 0. The quantitative estimate of drug-likeness (QED) is 0.739. The van der Waals surface area contributed by atoms with Crippen LogP contribution in [0, 0.1) is 0 Å². The molecule has 0 aromatic carbocycles. The van der Waals surface area contributed by atoms with Gasteiger partial charge >= 0.3 is 0 Å². The minimum Gasteiger partial charge on any atom is -0.384 e. The van der Waals surface area contributed by atoms with Gasteiger partial charge in [-0.2, -0.15) is 0 Å². The Kier molecular flexibility index (Phi) is 2.49. The number of hydrogen-bond donors (Lipinski definition) is 1. The third-order valence-corrected chi connectivity index (χ3v) is 2.64. The molecule has 2 N–H and O–H groups in total. The lowest BCUT2D eigenvalue weighted by atomic mass is 10.2. The zero-order chi connectivity index (χ0) is 12.4. The number of anilines is 1. The first-order chi connectivity index (χ1) is 8.84. The SMILES string of the molecule is Nc1cc(-c2cncn2-c2cccnc2)ccn1. The van der Waals surface area contributed by atoms with Gasteiger partial charge in [-0.25, -0.2) is 9.97 Å².